The minimum Gasteiger partial charge on any atom is -0.395 e. The number of likely N-dealkylation sites (tertiary alicyclic amines) is 1. The number of fused-ring (bicyclic) bond motifs is 1. The summed E-state index contributed by atoms with van der Waals surface area (Å²) in [6.45, 7) is 4.27. The molecule has 0 atom stereocenters. The number of aromatic nitrogens is 1. The van der Waals surface area contributed by atoms with E-state index in [9.17, 15) is 19.1 Å². The average molecular weight is 481 g/mol. The maximum Gasteiger partial charge on any atom is 0.259 e. The van der Waals surface area contributed by atoms with Gasteiger partial charge in [0.25, 0.3) is 5.91 Å². The number of aliphatic hydroxyl groups excluding tert-OH is 1. The molecule has 35 heavy (non-hydrogen) atoms. The van der Waals surface area contributed by atoms with E-state index in [0.29, 0.717) is 43.0 Å². The first kappa shape index (κ1) is 24.5. The smallest absolute Gasteiger partial charge is 0.259 e. The number of rotatable bonds is 5. The third kappa shape index (κ3) is 4.93. The zero-order valence-electron chi connectivity index (χ0n) is 19.8. The van der Waals surface area contributed by atoms with E-state index in [1.54, 1.807) is 41.8 Å². The molecule has 1 aromatic heterocycles. The lowest BCUT2D eigenvalue weighted by molar-refractivity contribution is -0.143. The van der Waals surface area contributed by atoms with Gasteiger partial charge in [-0.3, -0.25) is 20.4 Å². The van der Waals surface area contributed by atoms with Crippen molar-refractivity contribution in [1.82, 2.24) is 14.8 Å². The van der Waals surface area contributed by atoms with E-state index in [0.717, 1.165) is 12.0 Å². The molecule has 2 aliphatic heterocycles. The number of hydrogen-bond acceptors (Lipinski definition) is 6. The minimum absolute atomic E-state index is 0.0825. The van der Waals surface area contributed by atoms with Gasteiger partial charge in [-0.15, -0.1) is 0 Å². The normalized spacial score (nSPS) is 15.7. The molecule has 10 heteroatoms. The van der Waals surface area contributed by atoms with Crippen molar-refractivity contribution in [3.63, 3.8) is 0 Å². The van der Waals surface area contributed by atoms with Crippen LogP contribution < -0.4 is 5.32 Å². The van der Waals surface area contributed by atoms with E-state index >= 15 is 0 Å². The van der Waals surface area contributed by atoms with Gasteiger partial charge in [0, 0.05) is 26.1 Å². The van der Waals surface area contributed by atoms with Crippen LogP contribution in [-0.4, -0.2) is 63.1 Å². The molecule has 2 amide bonds. The molecule has 3 heterocycles. The predicted octanol–water partition coefficient (Wildman–Crippen LogP) is 2.77. The molecule has 9 nitrogen and oxygen atoms in total. The summed E-state index contributed by atoms with van der Waals surface area (Å²) in [5, 5.41) is 28.4. The molecular formula is C25H29FN6O3. The maximum atomic E-state index is 14.8. The van der Waals surface area contributed by atoms with Gasteiger partial charge < -0.3 is 20.2 Å². The lowest BCUT2D eigenvalue weighted by atomic mass is 9.90. The summed E-state index contributed by atoms with van der Waals surface area (Å²) in [4.78, 5) is 33.2. The Labute approximate surface area is 203 Å². The minimum atomic E-state index is -0.921. The fraction of sp³-hybridized carbons (Fsp3) is 0.400. The summed E-state index contributed by atoms with van der Waals surface area (Å²) >= 11 is 0. The molecular weight excluding hydrogens is 451 g/mol. The number of amidine groups is 2. The number of amides is 2. The van der Waals surface area contributed by atoms with Crippen LogP contribution in [0.3, 0.4) is 0 Å². The number of pyridine rings is 1. The Hall–Kier alpha value is -3.66. The molecule has 2 aromatic rings. The molecule has 0 bridgehead atoms. The van der Waals surface area contributed by atoms with Gasteiger partial charge in [-0.25, -0.2) is 9.37 Å². The Bertz CT molecular complexity index is 1210. The molecule has 4 rings (SSSR count). The van der Waals surface area contributed by atoms with Gasteiger partial charge in [0.05, 0.1) is 17.6 Å². The topological polar surface area (TPSA) is 133 Å². The van der Waals surface area contributed by atoms with Crippen LogP contribution in [-0.2, 0) is 17.8 Å². The van der Waals surface area contributed by atoms with Crippen molar-refractivity contribution >= 4 is 29.3 Å². The van der Waals surface area contributed by atoms with E-state index in [4.69, 9.17) is 10.8 Å². The molecule has 2 aliphatic rings. The first-order valence-corrected chi connectivity index (χ1v) is 11.5. The van der Waals surface area contributed by atoms with E-state index in [-0.39, 0.29) is 36.3 Å². The van der Waals surface area contributed by atoms with Crippen molar-refractivity contribution in [2.75, 3.05) is 25.0 Å². The molecule has 0 unspecified atom stereocenters. The molecule has 0 aliphatic carbocycles. The number of aliphatic hydroxyl groups is 1. The Morgan fingerprint density at radius 2 is 1.97 bits per heavy atom. The fourth-order valence-corrected chi connectivity index (χ4v) is 4.30. The summed E-state index contributed by atoms with van der Waals surface area (Å²) in [7, 11) is 0. The first-order valence-electron chi connectivity index (χ1n) is 11.5. The largest absolute Gasteiger partial charge is 0.395 e. The Kier molecular flexibility index (Phi) is 6.66. The average Bonchev–Trinajstić information content (AvgIpc) is 3.28. The maximum absolute atomic E-state index is 14.8. The van der Waals surface area contributed by atoms with Crippen LogP contribution in [0.4, 0.5) is 10.2 Å². The number of carbonyl (C=O) groups excluding carboxylic acids is 2. The van der Waals surface area contributed by atoms with Crippen molar-refractivity contribution in [3.05, 3.63) is 58.5 Å². The van der Waals surface area contributed by atoms with Crippen LogP contribution in [0.1, 0.15) is 53.9 Å². The molecule has 0 radical (unpaired) electrons. The van der Waals surface area contributed by atoms with Crippen molar-refractivity contribution in [2.24, 2.45) is 5.41 Å². The number of nitrogens with zero attached hydrogens (tertiary/aromatic N) is 3. The summed E-state index contributed by atoms with van der Waals surface area (Å²) in [5.41, 5.74) is 0.645. The predicted molar refractivity (Wildman–Crippen MR) is 129 cm³/mol. The van der Waals surface area contributed by atoms with Crippen LogP contribution in [0.15, 0.2) is 30.3 Å². The summed E-state index contributed by atoms with van der Waals surface area (Å²) in [6.07, 6.45) is 1.87. The summed E-state index contributed by atoms with van der Waals surface area (Å²) < 4.78 is 14.8. The fourth-order valence-electron chi connectivity index (χ4n) is 4.30. The highest BCUT2D eigenvalue weighted by Gasteiger charge is 2.33. The van der Waals surface area contributed by atoms with Gasteiger partial charge in [0.2, 0.25) is 5.91 Å². The zero-order chi connectivity index (χ0) is 25.3. The number of anilines is 1. The van der Waals surface area contributed by atoms with Gasteiger partial charge in [0.15, 0.2) is 5.84 Å². The second kappa shape index (κ2) is 9.53. The number of nitrogens with one attached hydrogen (secondary N) is 3. The second-order valence-electron chi connectivity index (χ2n) is 9.53. The van der Waals surface area contributed by atoms with E-state index in [1.807, 2.05) is 0 Å². The summed E-state index contributed by atoms with van der Waals surface area (Å²) in [5.74, 6) is -0.936. The third-order valence-electron chi connectivity index (χ3n) is 6.43. The van der Waals surface area contributed by atoms with E-state index < -0.39 is 17.1 Å². The van der Waals surface area contributed by atoms with Gasteiger partial charge >= 0.3 is 0 Å². The van der Waals surface area contributed by atoms with Crippen molar-refractivity contribution < 1.29 is 19.1 Å². The van der Waals surface area contributed by atoms with Gasteiger partial charge in [-0.1, -0.05) is 6.07 Å². The van der Waals surface area contributed by atoms with Crippen LogP contribution in [0.5, 0.6) is 0 Å². The van der Waals surface area contributed by atoms with Crippen molar-refractivity contribution in [2.45, 2.75) is 39.7 Å². The molecule has 0 saturated carbocycles. The van der Waals surface area contributed by atoms with Crippen LogP contribution in [0.2, 0.25) is 0 Å². The number of benzene rings is 1. The SMILES string of the molecule is CC(C)(CO)C(=O)N1CCc2cc(F)c(C(=O)Nc3cccc(C(=N)N4CCCC4=N)n3)cc2C1. The van der Waals surface area contributed by atoms with Gasteiger partial charge in [-0.2, -0.15) is 0 Å². The molecule has 1 saturated heterocycles. The Balaban J connectivity index is 1.52. The number of halogens is 1. The molecule has 184 valence electrons. The third-order valence-corrected chi connectivity index (χ3v) is 6.43. The van der Waals surface area contributed by atoms with Crippen LogP contribution in [0, 0.1) is 22.1 Å². The molecule has 4 N–H and O–H groups in total. The highest BCUT2D eigenvalue weighted by atomic mass is 19.1. The first-order chi connectivity index (χ1) is 16.6. The highest BCUT2D eigenvalue weighted by Crippen LogP contribution is 2.27. The van der Waals surface area contributed by atoms with Crippen LogP contribution >= 0.6 is 0 Å². The van der Waals surface area contributed by atoms with Crippen molar-refractivity contribution in [3.8, 4) is 0 Å². The van der Waals surface area contributed by atoms with Crippen LogP contribution in [0.25, 0.3) is 0 Å². The highest BCUT2D eigenvalue weighted by molar-refractivity contribution is 6.08. The standard InChI is InChI=1S/C25H29FN6O3/c1-25(2,14-33)24(35)31-10-8-15-12-18(26)17(11-16(15)13-31)23(34)30-21-7-3-5-19(29-21)22(28)32-9-4-6-20(32)27/h3,5,7,11-12,27-28,33H,4,6,8-10,13-14H2,1-2H3,(H,29,30,34). The Morgan fingerprint density at radius 1 is 1.20 bits per heavy atom. The lowest BCUT2D eigenvalue weighted by Crippen LogP contribution is -2.45. The Morgan fingerprint density at radius 3 is 2.66 bits per heavy atom. The molecule has 1 fully saturated rings. The number of hydrogen-bond donors (Lipinski definition) is 4. The van der Waals surface area contributed by atoms with Crippen molar-refractivity contribution in [1.29, 1.82) is 10.8 Å². The molecule has 1 aromatic carbocycles. The van der Waals surface area contributed by atoms with Gasteiger partial charge in [-0.05, 0) is 62.1 Å². The summed E-state index contributed by atoms with van der Waals surface area (Å²) in [6, 6.07) is 7.62. The zero-order valence-corrected chi connectivity index (χ0v) is 19.8. The second-order valence-corrected chi connectivity index (χ2v) is 9.53. The number of carbonyl (C=O) groups is 2. The van der Waals surface area contributed by atoms with Gasteiger partial charge in [0.1, 0.15) is 23.2 Å². The monoisotopic (exact) mass is 480 g/mol. The van der Waals surface area contributed by atoms with E-state index in [2.05, 4.69) is 10.3 Å². The quantitative estimate of drug-likeness (QED) is 0.386. The van der Waals surface area contributed by atoms with E-state index in [1.165, 1.54) is 12.1 Å². The lowest BCUT2D eigenvalue weighted by Gasteiger charge is -2.34. The molecule has 0 spiro atoms.